The van der Waals surface area contributed by atoms with Crippen molar-refractivity contribution in [3.05, 3.63) is 71.5 Å². The average molecular weight is 368 g/mol. The maximum absolute atomic E-state index is 12.3. The zero-order valence-corrected chi connectivity index (χ0v) is 15.5. The van der Waals surface area contributed by atoms with Crippen LogP contribution in [0, 0.1) is 13.8 Å². The molecule has 0 bridgehead atoms. The Kier molecular flexibility index (Phi) is 5.91. The molecule has 0 fully saturated rings. The number of para-hydroxylation sites is 1. The molecule has 1 N–H and O–H groups in total. The fraction of sp³-hybridized carbons (Fsp3) is 0.211. The molecule has 0 saturated heterocycles. The van der Waals surface area contributed by atoms with Gasteiger partial charge in [0.05, 0.1) is 0 Å². The van der Waals surface area contributed by atoms with E-state index in [0.717, 1.165) is 11.3 Å². The third-order valence-corrected chi connectivity index (χ3v) is 4.69. The van der Waals surface area contributed by atoms with Gasteiger partial charge >= 0.3 is 0 Å². The Balaban J connectivity index is 1.59. The first-order valence-corrected chi connectivity index (χ1v) is 9.19. The number of carbonyl (C=O) groups is 1. The third-order valence-electron chi connectivity index (χ3n) is 3.69. The Morgan fingerprint density at radius 3 is 2.58 bits per heavy atom. The van der Waals surface area contributed by atoms with Crippen molar-refractivity contribution in [3.8, 4) is 5.75 Å². The molecule has 0 radical (unpaired) electrons. The molecule has 2 aromatic carbocycles. The summed E-state index contributed by atoms with van der Waals surface area (Å²) in [6, 6.07) is 17.7. The third kappa shape index (κ3) is 4.64. The van der Waals surface area contributed by atoms with Gasteiger partial charge in [0.25, 0.3) is 5.91 Å². The van der Waals surface area contributed by atoms with Crippen molar-refractivity contribution in [2.75, 3.05) is 12.0 Å². The highest BCUT2D eigenvalue weighted by atomic mass is 32.2. The lowest BCUT2D eigenvalue weighted by atomic mass is 10.2. The van der Waals surface area contributed by atoms with E-state index >= 15 is 0 Å². The summed E-state index contributed by atoms with van der Waals surface area (Å²) in [4.78, 5) is 12.3. The Morgan fingerprint density at radius 1 is 1.08 bits per heavy atom. The molecule has 1 amide bonds. The van der Waals surface area contributed by atoms with Crippen LogP contribution in [0.25, 0.3) is 0 Å². The van der Waals surface area contributed by atoms with Crippen LogP contribution in [0.15, 0.2) is 59.8 Å². The van der Waals surface area contributed by atoms with Crippen molar-refractivity contribution in [1.82, 2.24) is 14.9 Å². The van der Waals surface area contributed by atoms with Crippen LogP contribution < -0.4 is 10.2 Å². The van der Waals surface area contributed by atoms with Crippen LogP contribution in [-0.2, 0) is 10.5 Å². The summed E-state index contributed by atoms with van der Waals surface area (Å²) in [7, 11) is 0. The molecule has 134 valence electrons. The molecule has 0 saturated carbocycles. The van der Waals surface area contributed by atoms with Gasteiger partial charge in [0.2, 0.25) is 5.16 Å². The SMILES string of the molecule is Cc1ccccc1OCC(=O)Nn1c(C)nnc1SCc1ccccc1. The van der Waals surface area contributed by atoms with Gasteiger partial charge in [-0.05, 0) is 31.0 Å². The quantitative estimate of drug-likeness (QED) is 0.648. The first-order valence-electron chi connectivity index (χ1n) is 8.20. The number of benzene rings is 2. The molecule has 3 aromatic rings. The van der Waals surface area contributed by atoms with E-state index in [1.807, 2.05) is 49.4 Å². The highest BCUT2D eigenvalue weighted by Crippen LogP contribution is 2.21. The number of amides is 1. The fourth-order valence-electron chi connectivity index (χ4n) is 2.31. The molecular formula is C19H20N4O2S. The summed E-state index contributed by atoms with van der Waals surface area (Å²) in [6.45, 7) is 3.66. The van der Waals surface area contributed by atoms with E-state index in [-0.39, 0.29) is 12.5 Å². The number of aromatic nitrogens is 3. The zero-order chi connectivity index (χ0) is 18.4. The van der Waals surface area contributed by atoms with Gasteiger partial charge in [-0.2, -0.15) is 0 Å². The lowest BCUT2D eigenvalue weighted by Crippen LogP contribution is -2.29. The van der Waals surface area contributed by atoms with Crippen molar-refractivity contribution in [2.24, 2.45) is 0 Å². The van der Waals surface area contributed by atoms with Crippen LogP contribution in [0.2, 0.25) is 0 Å². The topological polar surface area (TPSA) is 69.0 Å². The van der Waals surface area contributed by atoms with Crippen molar-refractivity contribution < 1.29 is 9.53 Å². The smallest absolute Gasteiger partial charge is 0.276 e. The molecule has 0 atom stereocenters. The van der Waals surface area contributed by atoms with E-state index in [9.17, 15) is 4.79 Å². The van der Waals surface area contributed by atoms with E-state index in [0.29, 0.717) is 16.7 Å². The zero-order valence-electron chi connectivity index (χ0n) is 14.7. The maximum Gasteiger partial charge on any atom is 0.276 e. The molecule has 0 unspecified atom stereocenters. The Morgan fingerprint density at radius 2 is 1.81 bits per heavy atom. The Labute approximate surface area is 156 Å². The number of aryl methyl sites for hydroxylation is 2. The summed E-state index contributed by atoms with van der Waals surface area (Å²) in [6.07, 6.45) is 0. The number of thioether (sulfide) groups is 1. The van der Waals surface area contributed by atoms with Crippen molar-refractivity contribution in [2.45, 2.75) is 24.8 Å². The first kappa shape index (κ1) is 18.0. The predicted octanol–water partition coefficient (Wildman–Crippen LogP) is 3.34. The van der Waals surface area contributed by atoms with Crippen LogP contribution >= 0.6 is 11.8 Å². The number of carbonyl (C=O) groups excluding carboxylic acids is 1. The molecule has 3 rings (SSSR count). The molecule has 1 heterocycles. The van der Waals surface area contributed by atoms with Gasteiger partial charge < -0.3 is 4.74 Å². The molecular weight excluding hydrogens is 348 g/mol. The van der Waals surface area contributed by atoms with Crippen LogP contribution in [0.3, 0.4) is 0 Å². The normalized spacial score (nSPS) is 10.5. The number of nitrogens with zero attached hydrogens (tertiary/aromatic N) is 3. The van der Waals surface area contributed by atoms with E-state index in [4.69, 9.17) is 4.74 Å². The predicted molar refractivity (Wildman–Crippen MR) is 102 cm³/mol. The summed E-state index contributed by atoms with van der Waals surface area (Å²) in [5.74, 6) is 1.79. The van der Waals surface area contributed by atoms with Crippen molar-refractivity contribution in [1.29, 1.82) is 0 Å². The van der Waals surface area contributed by atoms with E-state index in [1.165, 1.54) is 17.3 Å². The second-order valence-electron chi connectivity index (χ2n) is 5.73. The van der Waals surface area contributed by atoms with Crippen LogP contribution in [0.1, 0.15) is 17.0 Å². The number of ether oxygens (including phenoxy) is 1. The van der Waals surface area contributed by atoms with Gasteiger partial charge in [-0.3, -0.25) is 10.2 Å². The number of hydrogen-bond donors (Lipinski definition) is 1. The van der Waals surface area contributed by atoms with Crippen molar-refractivity contribution >= 4 is 17.7 Å². The molecule has 0 aliphatic heterocycles. The molecule has 1 aromatic heterocycles. The van der Waals surface area contributed by atoms with Gasteiger partial charge in [-0.15, -0.1) is 10.2 Å². The van der Waals surface area contributed by atoms with Crippen LogP contribution in [0.5, 0.6) is 5.75 Å². The summed E-state index contributed by atoms with van der Waals surface area (Å²) >= 11 is 1.51. The van der Waals surface area contributed by atoms with E-state index in [2.05, 4.69) is 27.8 Å². The molecule has 0 aliphatic carbocycles. The second-order valence-corrected chi connectivity index (χ2v) is 6.67. The van der Waals surface area contributed by atoms with Gasteiger partial charge in [0, 0.05) is 5.75 Å². The minimum Gasteiger partial charge on any atom is -0.483 e. The number of hydrogen-bond acceptors (Lipinski definition) is 5. The highest BCUT2D eigenvalue weighted by Gasteiger charge is 2.13. The lowest BCUT2D eigenvalue weighted by molar-refractivity contribution is -0.119. The maximum atomic E-state index is 12.3. The van der Waals surface area contributed by atoms with Crippen LogP contribution in [-0.4, -0.2) is 27.4 Å². The molecule has 6 nitrogen and oxygen atoms in total. The minimum atomic E-state index is -0.266. The van der Waals surface area contributed by atoms with Gasteiger partial charge in [0.15, 0.2) is 6.61 Å². The second kappa shape index (κ2) is 8.53. The van der Waals surface area contributed by atoms with Gasteiger partial charge in [-0.25, -0.2) is 4.68 Å². The minimum absolute atomic E-state index is 0.0781. The average Bonchev–Trinajstić information content (AvgIpc) is 3.00. The summed E-state index contributed by atoms with van der Waals surface area (Å²) in [5.41, 5.74) is 4.96. The molecule has 0 aliphatic rings. The number of nitrogens with one attached hydrogen (secondary N) is 1. The van der Waals surface area contributed by atoms with Gasteiger partial charge in [-0.1, -0.05) is 60.3 Å². The highest BCUT2D eigenvalue weighted by molar-refractivity contribution is 7.98. The summed E-state index contributed by atoms with van der Waals surface area (Å²) < 4.78 is 7.18. The standard InChI is InChI=1S/C19H20N4O2S/c1-14-8-6-7-11-17(14)25-12-18(24)22-23-15(2)20-21-19(23)26-13-16-9-4-3-5-10-16/h3-11H,12-13H2,1-2H3,(H,22,24). The van der Waals surface area contributed by atoms with E-state index in [1.54, 1.807) is 11.6 Å². The lowest BCUT2D eigenvalue weighted by Gasteiger charge is -2.12. The Bertz CT molecular complexity index is 880. The first-order chi connectivity index (χ1) is 12.6. The molecule has 7 heteroatoms. The largest absolute Gasteiger partial charge is 0.483 e. The molecule has 26 heavy (non-hydrogen) atoms. The van der Waals surface area contributed by atoms with E-state index < -0.39 is 0 Å². The Hall–Kier alpha value is -2.80. The number of rotatable bonds is 7. The monoisotopic (exact) mass is 368 g/mol. The van der Waals surface area contributed by atoms with Crippen LogP contribution in [0.4, 0.5) is 0 Å². The fourth-order valence-corrected chi connectivity index (χ4v) is 3.20. The van der Waals surface area contributed by atoms with Gasteiger partial charge in [0.1, 0.15) is 11.6 Å². The molecule has 0 spiro atoms. The van der Waals surface area contributed by atoms with Crippen molar-refractivity contribution in [3.63, 3.8) is 0 Å². The summed E-state index contributed by atoms with van der Waals surface area (Å²) in [5, 5.41) is 8.82.